The highest BCUT2D eigenvalue weighted by Crippen LogP contribution is 2.46. The van der Waals surface area contributed by atoms with E-state index in [0.29, 0.717) is 6.54 Å². The number of carbonyl (C=O) groups excluding carboxylic acids is 1. The van der Waals surface area contributed by atoms with Crippen molar-refractivity contribution >= 4 is 17.4 Å². The van der Waals surface area contributed by atoms with E-state index in [4.69, 9.17) is 4.74 Å². The van der Waals surface area contributed by atoms with Gasteiger partial charge in [-0.05, 0) is 20.8 Å². The smallest absolute Gasteiger partial charge is 0.410 e. The van der Waals surface area contributed by atoms with E-state index in [1.807, 2.05) is 25.7 Å². The summed E-state index contributed by atoms with van der Waals surface area (Å²) in [5.41, 5.74) is 1.41. The predicted molar refractivity (Wildman–Crippen MR) is 75.8 cm³/mol. The molecule has 1 aromatic rings. The first-order valence-electron chi connectivity index (χ1n) is 6.84. The van der Waals surface area contributed by atoms with E-state index >= 15 is 0 Å². The van der Waals surface area contributed by atoms with Gasteiger partial charge in [0.15, 0.2) is 0 Å². The fourth-order valence-corrected chi connectivity index (χ4v) is 3.70. The van der Waals surface area contributed by atoms with Crippen LogP contribution in [0.15, 0.2) is 5.51 Å². The minimum absolute atomic E-state index is 0.108. The summed E-state index contributed by atoms with van der Waals surface area (Å²) >= 11 is 1.57. The molecule has 0 saturated carbocycles. The number of carbonyl (C=O) groups is 1. The van der Waals surface area contributed by atoms with Gasteiger partial charge in [0, 0.05) is 37.5 Å². The molecule has 1 unspecified atom stereocenters. The molecule has 0 radical (unpaired) electrons. The molecule has 1 aromatic heterocycles. The largest absolute Gasteiger partial charge is 0.444 e. The monoisotopic (exact) mass is 296 g/mol. The average molecular weight is 296 g/mol. The van der Waals surface area contributed by atoms with Crippen LogP contribution in [0, 0.1) is 5.41 Å². The molecule has 1 amide bonds. The Bertz CT molecular complexity index is 493. The SMILES string of the molecule is CC(C)(C)OC(=O)N1CC(c2nncs2)C2(CNC2)C1. The summed E-state index contributed by atoms with van der Waals surface area (Å²) in [7, 11) is 0. The van der Waals surface area contributed by atoms with Gasteiger partial charge >= 0.3 is 6.09 Å². The molecule has 2 saturated heterocycles. The summed E-state index contributed by atoms with van der Waals surface area (Å²) < 4.78 is 5.48. The van der Waals surface area contributed by atoms with E-state index in [0.717, 1.165) is 24.6 Å². The Hall–Kier alpha value is -1.21. The molecule has 7 heteroatoms. The Morgan fingerprint density at radius 3 is 2.80 bits per heavy atom. The maximum Gasteiger partial charge on any atom is 0.410 e. The third-order valence-electron chi connectivity index (χ3n) is 3.93. The average Bonchev–Trinajstić information content (AvgIpc) is 2.92. The number of rotatable bonds is 1. The molecule has 3 rings (SSSR count). The van der Waals surface area contributed by atoms with Gasteiger partial charge in [-0.15, -0.1) is 21.5 Å². The fourth-order valence-electron chi connectivity index (χ4n) is 2.91. The lowest BCUT2D eigenvalue weighted by Crippen LogP contribution is -2.57. The standard InChI is InChI=1S/C13H20N4O2S/c1-12(2,3)19-11(18)17-4-9(10-16-15-8-20-10)13(7-17)5-14-6-13/h8-9,14H,4-7H2,1-3H3. The molecule has 1 N–H and O–H groups in total. The quantitative estimate of drug-likeness (QED) is 0.850. The van der Waals surface area contributed by atoms with E-state index in [-0.39, 0.29) is 17.4 Å². The maximum atomic E-state index is 12.3. The van der Waals surface area contributed by atoms with Crippen molar-refractivity contribution in [3.63, 3.8) is 0 Å². The Labute approximate surface area is 122 Å². The van der Waals surface area contributed by atoms with E-state index < -0.39 is 5.60 Å². The third-order valence-corrected chi connectivity index (χ3v) is 4.74. The second-order valence-corrected chi connectivity index (χ2v) is 7.52. The van der Waals surface area contributed by atoms with E-state index in [1.54, 1.807) is 16.8 Å². The number of likely N-dealkylation sites (tertiary alicyclic amines) is 1. The van der Waals surface area contributed by atoms with Crippen LogP contribution >= 0.6 is 11.3 Å². The van der Waals surface area contributed by atoms with Crippen molar-refractivity contribution in [3.05, 3.63) is 10.5 Å². The zero-order valence-electron chi connectivity index (χ0n) is 12.0. The van der Waals surface area contributed by atoms with Crippen LogP contribution in [0.5, 0.6) is 0 Å². The van der Waals surface area contributed by atoms with Gasteiger partial charge < -0.3 is 15.0 Å². The Kier molecular flexibility index (Phi) is 3.21. The first-order chi connectivity index (χ1) is 9.40. The number of hydrogen-bond donors (Lipinski definition) is 1. The molecule has 2 aliphatic heterocycles. The van der Waals surface area contributed by atoms with Gasteiger partial charge in [0.1, 0.15) is 16.1 Å². The molecule has 6 nitrogen and oxygen atoms in total. The van der Waals surface area contributed by atoms with Gasteiger partial charge in [-0.1, -0.05) is 0 Å². The molecule has 20 heavy (non-hydrogen) atoms. The number of ether oxygens (including phenoxy) is 1. The van der Waals surface area contributed by atoms with Crippen LogP contribution in [0.1, 0.15) is 31.7 Å². The molecule has 2 fully saturated rings. The van der Waals surface area contributed by atoms with Crippen LogP contribution in [-0.4, -0.2) is 53.0 Å². The zero-order valence-corrected chi connectivity index (χ0v) is 12.9. The first kappa shape index (κ1) is 13.8. The number of nitrogens with one attached hydrogen (secondary N) is 1. The normalized spacial score (nSPS) is 24.8. The highest BCUT2D eigenvalue weighted by molar-refractivity contribution is 7.09. The lowest BCUT2D eigenvalue weighted by molar-refractivity contribution is 0.0257. The molecule has 0 aromatic carbocycles. The molecule has 2 aliphatic rings. The van der Waals surface area contributed by atoms with Crippen molar-refractivity contribution in [2.45, 2.75) is 32.3 Å². The lowest BCUT2D eigenvalue weighted by Gasteiger charge is -2.42. The second kappa shape index (κ2) is 4.66. The Morgan fingerprint density at radius 2 is 2.30 bits per heavy atom. The van der Waals surface area contributed by atoms with Crippen molar-refractivity contribution in [1.29, 1.82) is 0 Å². The van der Waals surface area contributed by atoms with Crippen LogP contribution in [0.2, 0.25) is 0 Å². The van der Waals surface area contributed by atoms with Crippen LogP contribution in [0.25, 0.3) is 0 Å². The minimum atomic E-state index is -0.455. The first-order valence-corrected chi connectivity index (χ1v) is 7.72. The maximum absolute atomic E-state index is 12.3. The summed E-state index contributed by atoms with van der Waals surface area (Å²) in [4.78, 5) is 14.1. The fraction of sp³-hybridized carbons (Fsp3) is 0.769. The number of nitrogens with zero attached hydrogens (tertiary/aromatic N) is 3. The highest BCUT2D eigenvalue weighted by atomic mass is 32.1. The minimum Gasteiger partial charge on any atom is -0.444 e. The van der Waals surface area contributed by atoms with Crippen molar-refractivity contribution < 1.29 is 9.53 Å². The van der Waals surface area contributed by atoms with Crippen molar-refractivity contribution in [2.75, 3.05) is 26.2 Å². The topological polar surface area (TPSA) is 67.3 Å². The van der Waals surface area contributed by atoms with Gasteiger partial charge in [0.2, 0.25) is 0 Å². The summed E-state index contributed by atoms with van der Waals surface area (Å²) in [5, 5.41) is 12.5. The molecular weight excluding hydrogens is 276 g/mol. The predicted octanol–water partition coefficient (Wildman–Crippen LogP) is 1.46. The Balaban J connectivity index is 1.76. The van der Waals surface area contributed by atoms with Gasteiger partial charge in [-0.3, -0.25) is 0 Å². The van der Waals surface area contributed by atoms with E-state index in [1.165, 1.54) is 0 Å². The van der Waals surface area contributed by atoms with Crippen molar-refractivity contribution in [3.8, 4) is 0 Å². The molecule has 1 spiro atoms. The van der Waals surface area contributed by atoms with Crippen LogP contribution in [0.3, 0.4) is 0 Å². The number of aromatic nitrogens is 2. The molecule has 3 heterocycles. The zero-order chi connectivity index (χ0) is 14.4. The third kappa shape index (κ3) is 2.40. The summed E-state index contributed by atoms with van der Waals surface area (Å²) in [6.07, 6.45) is -0.226. The second-order valence-electron chi connectivity index (χ2n) is 6.66. The van der Waals surface area contributed by atoms with Crippen LogP contribution in [0.4, 0.5) is 4.79 Å². The van der Waals surface area contributed by atoms with Gasteiger partial charge in [0.25, 0.3) is 0 Å². The van der Waals surface area contributed by atoms with Crippen molar-refractivity contribution in [2.24, 2.45) is 5.41 Å². The number of amides is 1. The summed E-state index contributed by atoms with van der Waals surface area (Å²) in [5.74, 6) is 0.267. The Morgan fingerprint density at radius 1 is 1.55 bits per heavy atom. The van der Waals surface area contributed by atoms with E-state index in [2.05, 4.69) is 15.5 Å². The highest BCUT2D eigenvalue weighted by Gasteiger charge is 2.54. The molecule has 1 atom stereocenters. The van der Waals surface area contributed by atoms with Gasteiger partial charge in [0.05, 0.1) is 0 Å². The van der Waals surface area contributed by atoms with Gasteiger partial charge in [-0.25, -0.2) is 4.79 Å². The summed E-state index contributed by atoms with van der Waals surface area (Å²) in [6, 6.07) is 0. The molecule has 0 bridgehead atoms. The van der Waals surface area contributed by atoms with Crippen molar-refractivity contribution in [1.82, 2.24) is 20.4 Å². The molecule has 110 valence electrons. The van der Waals surface area contributed by atoms with Crippen LogP contribution < -0.4 is 5.32 Å². The van der Waals surface area contributed by atoms with Crippen LogP contribution in [-0.2, 0) is 4.74 Å². The number of hydrogen-bond acceptors (Lipinski definition) is 6. The summed E-state index contributed by atoms with van der Waals surface area (Å²) in [6.45, 7) is 8.94. The van der Waals surface area contributed by atoms with E-state index in [9.17, 15) is 4.79 Å². The molecular formula is C13H20N4O2S. The van der Waals surface area contributed by atoms with Gasteiger partial charge in [-0.2, -0.15) is 0 Å². The molecule has 0 aliphatic carbocycles. The lowest BCUT2D eigenvalue weighted by atomic mass is 9.73.